The van der Waals surface area contributed by atoms with Crippen molar-refractivity contribution in [3.05, 3.63) is 52.2 Å². The van der Waals surface area contributed by atoms with Crippen LogP contribution in [0.1, 0.15) is 5.56 Å². The lowest BCUT2D eigenvalue weighted by Crippen LogP contribution is -2.11. The van der Waals surface area contributed by atoms with Crippen molar-refractivity contribution in [2.45, 2.75) is 17.5 Å². The Morgan fingerprint density at radius 3 is 2.82 bits per heavy atom. The predicted molar refractivity (Wildman–Crippen MR) is 81.2 cm³/mol. The van der Waals surface area contributed by atoms with Crippen LogP contribution in [0.25, 0.3) is 11.0 Å². The number of fused-ring (bicyclic) bond motifs is 1. The van der Waals surface area contributed by atoms with E-state index >= 15 is 0 Å². The van der Waals surface area contributed by atoms with Crippen LogP contribution in [0.5, 0.6) is 0 Å². The van der Waals surface area contributed by atoms with Gasteiger partial charge < -0.3 is 10.1 Å². The maximum absolute atomic E-state index is 12.9. The third-order valence-corrected chi connectivity index (χ3v) is 4.03. The van der Waals surface area contributed by atoms with Gasteiger partial charge in [0.15, 0.2) is 10.8 Å². The fourth-order valence-electron chi connectivity index (χ4n) is 2.00. The molecule has 0 atom stereocenters. The standard InChI is InChI=1S/C14H13FN4O2S/c15-10-3-1-9(2-4-10)8-22-14-17-12-11(13(21)18-14)7-16-19(12)5-6-20/h1-4,7,20H,5-6,8H2,(H,17,18,21). The minimum atomic E-state index is -0.283. The average molecular weight is 320 g/mol. The number of rotatable bonds is 5. The Balaban J connectivity index is 1.85. The van der Waals surface area contributed by atoms with E-state index in [0.717, 1.165) is 5.56 Å². The van der Waals surface area contributed by atoms with Gasteiger partial charge in [0.05, 0.1) is 19.3 Å². The lowest BCUT2D eigenvalue weighted by Gasteiger charge is -2.03. The first-order valence-corrected chi connectivity index (χ1v) is 7.60. The molecule has 0 unspecified atom stereocenters. The number of benzene rings is 1. The Kier molecular flexibility index (Phi) is 4.21. The lowest BCUT2D eigenvalue weighted by atomic mass is 10.2. The monoisotopic (exact) mass is 320 g/mol. The topological polar surface area (TPSA) is 83.8 Å². The number of H-pyrrole nitrogens is 1. The summed E-state index contributed by atoms with van der Waals surface area (Å²) in [6.45, 7) is 0.200. The van der Waals surface area contributed by atoms with E-state index in [2.05, 4.69) is 15.1 Å². The van der Waals surface area contributed by atoms with Gasteiger partial charge in [0.1, 0.15) is 11.2 Å². The SMILES string of the molecule is O=c1[nH]c(SCc2ccc(F)cc2)nc2c1cnn2CCO. The molecular formula is C14H13FN4O2S. The zero-order valence-electron chi connectivity index (χ0n) is 11.5. The van der Waals surface area contributed by atoms with Crippen LogP contribution in [0, 0.1) is 5.82 Å². The molecule has 0 saturated heterocycles. The molecule has 2 N–H and O–H groups in total. The Morgan fingerprint density at radius 2 is 2.09 bits per heavy atom. The van der Waals surface area contributed by atoms with Gasteiger partial charge in [-0.3, -0.25) is 4.79 Å². The quantitative estimate of drug-likeness (QED) is 0.550. The van der Waals surface area contributed by atoms with Crippen molar-refractivity contribution >= 4 is 22.8 Å². The van der Waals surface area contributed by atoms with E-state index in [0.29, 0.717) is 21.9 Å². The van der Waals surface area contributed by atoms with Gasteiger partial charge in [-0.2, -0.15) is 5.10 Å². The summed E-state index contributed by atoms with van der Waals surface area (Å²) < 4.78 is 14.4. The highest BCUT2D eigenvalue weighted by molar-refractivity contribution is 7.98. The number of nitrogens with zero attached hydrogens (tertiary/aromatic N) is 3. The van der Waals surface area contributed by atoms with Gasteiger partial charge in [-0.1, -0.05) is 23.9 Å². The van der Waals surface area contributed by atoms with E-state index in [-0.39, 0.29) is 24.5 Å². The molecule has 0 bridgehead atoms. The summed E-state index contributed by atoms with van der Waals surface area (Å²) in [6.07, 6.45) is 1.44. The first-order chi connectivity index (χ1) is 10.7. The summed E-state index contributed by atoms with van der Waals surface area (Å²) in [5.74, 6) is 0.276. The average Bonchev–Trinajstić information content (AvgIpc) is 2.91. The Hall–Kier alpha value is -2.19. The second-order valence-corrected chi connectivity index (χ2v) is 5.58. The van der Waals surface area contributed by atoms with E-state index in [1.807, 2.05) is 0 Å². The van der Waals surface area contributed by atoms with Crippen molar-refractivity contribution in [3.8, 4) is 0 Å². The van der Waals surface area contributed by atoms with Crippen LogP contribution in [0.2, 0.25) is 0 Å². The molecule has 1 aromatic carbocycles. The first-order valence-electron chi connectivity index (χ1n) is 6.61. The molecule has 0 fully saturated rings. The molecule has 2 aromatic heterocycles. The van der Waals surface area contributed by atoms with Crippen molar-refractivity contribution in [3.63, 3.8) is 0 Å². The normalized spacial score (nSPS) is 11.2. The van der Waals surface area contributed by atoms with Gasteiger partial charge in [0.25, 0.3) is 5.56 Å². The Morgan fingerprint density at radius 1 is 1.32 bits per heavy atom. The zero-order valence-corrected chi connectivity index (χ0v) is 12.3. The molecule has 8 heteroatoms. The predicted octanol–water partition coefficient (Wildman–Crippen LogP) is 1.54. The third-order valence-electron chi connectivity index (χ3n) is 3.08. The Labute approximate surface area is 129 Å². The number of hydrogen-bond acceptors (Lipinski definition) is 5. The van der Waals surface area contributed by atoms with Gasteiger partial charge in [0, 0.05) is 5.75 Å². The summed E-state index contributed by atoms with van der Waals surface area (Å²) in [5, 5.41) is 13.9. The van der Waals surface area contributed by atoms with Gasteiger partial charge in [-0.05, 0) is 17.7 Å². The summed E-state index contributed by atoms with van der Waals surface area (Å²) in [7, 11) is 0. The van der Waals surface area contributed by atoms with Crippen LogP contribution in [0.15, 0.2) is 40.4 Å². The molecule has 6 nitrogen and oxygen atoms in total. The van der Waals surface area contributed by atoms with Crippen LogP contribution >= 0.6 is 11.8 Å². The molecule has 3 aromatic rings. The van der Waals surface area contributed by atoms with Crippen molar-refractivity contribution in [2.75, 3.05) is 6.61 Å². The number of hydrogen-bond donors (Lipinski definition) is 2. The number of aromatic nitrogens is 4. The van der Waals surface area contributed by atoms with Crippen molar-refractivity contribution in [1.29, 1.82) is 0 Å². The maximum atomic E-state index is 12.9. The summed E-state index contributed by atoms with van der Waals surface area (Å²) >= 11 is 1.35. The van der Waals surface area contributed by atoms with E-state index < -0.39 is 0 Å². The minimum Gasteiger partial charge on any atom is -0.394 e. The molecule has 0 radical (unpaired) electrons. The number of halogens is 1. The van der Waals surface area contributed by atoms with E-state index in [1.165, 1.54) is 34.8 Å². The fraction of sp³-hybridized carbons (Fsp3) is 0.214. The molecule has 114 valence electrons. The van der Waals surface area contributed by atoms with Gasteiger partial charge in [0.2, 0.25) is 0 Å². The molecule has 2 heterocycles. The second-order valence-electron chi connectivity index (χ2n) is 4.61. The third kappa shape index (κ3) is 3.02. The molecule has 3 rings (SSSR count). The lowest BCUT2D eigenvalue weighted by molar-refractivity contribution is 0.271. The van der Waals surface area contributed by atoms with Crippen LogP contribution in [0.3, 0.4) is 0 Å². The highest BCUT2D eigenvalue weighted by Crippen LogP contribution is 2.20. The largest absolute Gasteiger partial charge is 0.394 e. The van der Waals surface area contributed by atoms with Crippen LogP contribution in [-0.4, -0.2) is 31.5 Å². The highest BCUT2D eigenvalue weighted by Gasteiger charge is 2.10. The van der Waals surface area contributed by atoms with Crippen molar-refractivity contribution < 1.29 is 9.50 Å². The Bertz CT molecular complexity index is 844. The number of thioether (sulfide) groups is 1. The number of aliphatic hydroxyl groups is 1. The number of aliphatic hydroxyl groups excluding tert-OH is 1. The molecule has 0 aliphatic carbocycles. The second kappa shape index (κ2) is 6.29. The van der Waals surface area contributed by atoms with E-state index in [9.17, 15) is 9.18 Å². The maximum Gasteiger partial charge on any atom is 0.262 e. The molecule has 0 amide bonds. The summed E-state index contributed by atoms with van der Waals surface area (Å²) in [4.78, 5) is 19.1. The summed E-state index contributed by atoms with van der Waals surface area (Å²) in [5.41, 5.74) is 1.10. The zero-order chi connectivity index (χ0) is 15.5. The van der Waals surface area contributed by atoms with Crippen LogP contribution < -0.4 is 5.56 Å². The smallest absolute Gasteiger partial charge is 0.262 e. The van der Waals surface area contributed by atoms with Gasteiger partial charge >= 0.3 is 0 Å². The molecule has 22 heavy (non-hydrogen) atoms. The van der Waals surface area contributed by atoms with Crippen molar-refractivity contribution in [2.24, 2.45) is 0 Å². The fourth-order valence-corrected chi connectivity index (χ4v) is 2.82. The molecular weight excluding hydrogens is 307 g/mol. The van der Waals surface area contributed by atoms with E-state index in [4.69, 9.17) is 5.11 Å². The highest BCUT2D eigenvalue weighted by atomic mass is 32.2. The molecule has 0 aliphatic heterocycles. The van der Waals surface area contributed by atoms with Crippen LogP contribution in [-0.2, 0) is 12.3 Å². The van der Waals surface area contributed by atoms with Gasteiger partial charge in [-0.15, -0.1) is 0 Å². The molecule has 0 aliphatic rings. The van der Waals surface area contributed by atoms with E-state index in [1.54, 1.807) is 12.1 Å². The van der Waals surface area contributed by atoms with Gasteiger partial charge in [-0.25, -0.2) is 14.1 Å². The molecule has 0 spiro atoms. The minimum absolute atomic E-state index is 0.0800. The van der Waals surface area contributed by atoms with Crippen LogP contribution in [0.4, 0.5) is 4.39 Å². The number of aromatic amines is 1. The molecule has 0 saturated carbocycles. The number of nitrogens with one attached hydrogen (secondary N) is 1. The first kappa shape index (κ1) is 14.7. The van der Waals surface area contributed by atoms with Crippen molar-refractivity contribution in [1.82, 2.24) is 19.7 Å². The summed E-state index contributed by atoms with van der Waals surface area (Å²) in [6, 6.07) is 6.17.